The molecule has 4 heteroatoms. The third kappa shape index (κ3) is 2.59. The predicted octanol–water partition coefficient (Wildman–Crippen LogP) is 3.73. The monoisotopic (exact) mass is 351 g/mol. The van der Waals surface area contributed by atoms with Gasteiger partial charge in [0.05, 0.1) is 5.92 Å². The van der Waals surface area contributed by atoms with Gasteiger partial charge in [-0.1, -0.05) is 25.1 Å². The number of hydrogen-bond donors (Lipinski definition) is 2. The maximum absolute atomic E-state index is 13.2. The van der Waals surface area contributed by atoms with Crippen LogP contribution in [0.4, 0.5) is 0 Å². The Morgan fingerprint density at radius 1 is 1.38 bits per heavy atom. The van der Waals surface area contributed by atoms with E-state index in [1.54, 1.807) is 0 Å². The zero-order valence-corrected chi connectivity index (χ0v) is 16.2. The van der Waals surface area contributed by atoms with E-state index >= 15 is 0 Å². The Balaban J connectivity index is 1.76. The molecular weight excluding hydrogens is 322 g/mol. The number of rotatable bonds is 4. The number of nitrogens with zero attached hydrogens (tertiary/aromatic N) is 1. The Kier molecular flexibility index (Phi) is 4.19. The van der Waals surface area contributed by atoms with Crippen molar-refractivity contribution >= 4 is 22.4 Å². The van der Waals surface area contributed by atoms with Crippen LogP contribution in [0.5, 0.6) is 0 Å². The number of benzene rings is 1. The van der Waals surface area contributed by atoms with E-state index in [1.807, 2.05) is 4.90 Å². The van der Waals surface area contributed by atoms with Crippen molar-refractivity contribution in [1.82, 2.24) is 15.2 Å². The predicted molar refractivity (Wildman–Crippen MR) is 107 cm³/mol. The standard InChI is InChI=1S/C22H29N3O/c1-5-9-25(14(2)3)21(26)15-10-18-17-7-6-8-19-20(17)16(12-23-19)11-22(18,4)24-13-15/h6-8,10,12,14-15,23-24H,5,9,11,13H2,1-4H3/t15-,22-/m1/s1. The van der Waals surface area contributed by atoms with E-state index < -0.39 is 0 Å². The highest BCUT2D eigenvalue weighted by molar-refractivity contribution is 6.00. The smallest absolute Gasteiger partial charge is 0.231 e. The molecule has 2 aromatic rings. The zero-order chi connectivity index (χ0) is 18.5. The van der Waals surface area contributed by atoms with Gasteiger partial charge in [0, 0.05) is 41.8 Å². The molecule has 2 heterocycles. The summed E-state index contributed by atoms with van der Waals surface area (Å²) < 4.78 is 0. The summed E-state index contributed by atoms with van der Waals surface area (Å²) in [5, 5.41) is 5.03. The van der Waals surface area contributed by atoms with E-state index in [2.05, 4.69) is 68.5 Å². The van der Waals surface area contributed by atoms with Gasteiger partial charge < -0.3 is 15.2 Å². The highest BCUT2D eigenvalue weighted by Crippen LogP contribution is 2.44. The molecule has 0 saturated heterocycles. The molecule has 0 saturated carbocycles. The lowest BCUT2D eigenvalue weighted by atomic mass is 9.72. The van der Waals surface area contributed by atoms with E-state index in [1.165, 1.54) is 27.6 Å². The van der Waals surface area contributed by atoms with Crippen LogP contribution in [0.25, 0.3) is 16.5 Å². The fourth-order valence-electron chi connectivity index (χ4n) is 4.65. The van der Waals surface area contributed by atoms with Crippen molar-refractivity contribution in [2.75, 3.05) is 13.1 Å². The second kappa shape index (κ2) is 6.27. The highest BCUT2D eigenvalue weighted by atomic mass is 16.2. The third-order valence-electron chi connectivity index (χ3n) is 5.98. The van der Waals surface area contributed by atoms with Crippen LogP contribution in [0.15, 0.2) is 30.5 Å². The zero-order valence-electron chi connectivity index (χ0n) is 16.2. The van der Waals surface area contributed by atoms with Gasteiger partial charge in [-0.05, 0) is 56.4 Å². The van der Waals surface area contributed by atoms with Crippen LogP contribution in [-0.4, -0.2) is 40.5 Å². The molecule has 0 spiro atoms. The van der Waals surface area contributed by atoms with Crippen LogP contribution in [0.1, 0.15) is 45.2 Å². The average molecular weight is 351 g/mol. The van der Waals surface area contributed by atoms with Crippen LogP contribution < -0.4 is 5.32 Å². The number of amides is 1. The minimum Gasteiger partial charge on any atom is -0.361 e. The lowest BCUT2D eigenvalue weighted by Gasteiger charge is -2.43. The van der Waals surface area contributed by atoms with Crippen molar-refractivity contribution in [1.29, 1.82) is 0 Å². The fourth-order valence-corrected chi connectivity index (χ4v) is 4.65. The van der Waals surface area contributed by atoms with Gasteiger partial charge in [-0.2, -0.15) is 0 Å². The number of hydrogen-bond acceptors (Lipinski definition) is 2. The quantitative estimate of drug-likeness (QED) is 0.882. The van der Waals surface area contributed by atoms with Gasteiger partial charge in [0.25, 0.3) is 0 Å². The first-order chi connectivity index (χ1) is 12.4. The summed E-state index contributed by atoms with van der Waals surface area (Å²) in [5.41, 5.74) is 4.99. The molecule has 0 fully saturated rings. The molecule has 26 heavy (non-hydrogen) atoms. The van der Waals surface area contributed by atoms with Gasteiger partial charge in [-0.15, -0.1) is 0 Å². The molecule has 2 aliphatic rings. The summed E-state index contributed by atoms with van der Waals surface area (Å²) in [4.78, 5) is 18.6. The lowest BCUT2D eigenvalue weighted by Crippen LogP contribution is -2.54. The van der Waals surface area contributed by atoms with E-state index in [4.69, 9.17) is 0 Å². The second-order valence-electron chi connectivity index (χ2n) is 8.24. The van der Waals surface area contributed by atoms with Gasteiger partial charge in [0.1, 0.15) is 0 Å². The molecular formula is C22H29N3O. The van der Waals surface area contributed by atoms with Gasteiger partial charge in [0.15, 0.2) is 0 Å². The maximum atomic E-state index is 13.2. The van der Waals surface area contributed by atoms with E-state index in [-0.39, 0.29) is 23.4 Å². The molecule has 1 aliphatic carbocycles. The average Bonchev–Trinajstić information content (AvgIpc) is 3.02. The molecule has 0 bridgehead atoms. The van der Waals surface area contributed by atoms with E-state index in [0.717, 1.165) is 19.4 Å². The van der Waals surface area contributed by atoms with Crippen LogP contribution >= 0.6 is 0 Å². The molecule has 4 rings (SSSR count). The molecule has 0 unspecified atom stereocenters. The van der Waals surface area contributed by atoms with Crippen molar-refractivity contribution in [3.63, 3.8) is 0 Å². The van der Waals surface area contributed by atoms with Crippen molar-refractivity contribution in [2.45, 2.75) is 52.1 Å². The van der Waals surface area contributed by atoms with Crippen LogP contribution in [-0.2, 0) is 11.2 Å². The Hall–Kier alpha value is -2.07. The van der Waals surface area contributed by atoms with Gasteiger partial charge in [-0.3, -0.25) is 4.79 Å². The number of nitrogens with one attached hydrogen (secondary N) is 2. The summed E-state index contributed by atoms with van der Waals surface area (Å²) in [7, 11) is 0. The molecule has 138 valence electrons. The topological polar surface area (TPSA) is 48.1 Å². The largest absolute Gasteiger partial charge is 0.361 e. The second-order valence-corrected chi connectivity index (χ2v) is 8.24. The fraction of sp³-hybridized carbons (Fsp3) is 0.500. The summed E-state index contributed by atoms with van der Waals surface area (Å²) in [6.07, 6.45) is 6.33. The Morgan fingerprint density at radius 3 is 2.92 bits per heavy atom. The molecule has 2 atom stereocenters. The van der Waals surface area contributed by atoms with Crippen LogP contribution in [0.2, 0.25) is 0 Å². The van der Waals surface area contributed by atoms with Gasteiger partial charge >= 0.3 is 0 Å². The number of fused-ring (bicyclic) bond motifs is 2. The molecule has 0 radical (unpaired) electrons. The van der Waals surface area contributed by atoms with E-state index in [0.29, 0.717) is 6.54 Å². The van der Waals surface area contributed by atoms with Crippen LogP contribution in [0.3, 0.4) is 0 Å². The molecule has 1 amide bonds. The number of H-pyrrole nitrogens is 1. The molecule has 1 aromatic heterocycles. The first-order valence-corrected chi connectivity index (χ1v) is 9.81. The van der Waals surface area contributed by atoms with Crippen LogP contribution in [0, 0.1) is 5.92 Å². The molecule has 1 aliphatic heterocycles. The summed E-state index contributed by atoms with van der Waals surface area (Å²) in [6.45, 7) is 10.1. The first kappa shape index (κ1) is 17.3. The third-order valence-corrected chi connectivity index (χ3v) is 5.98. The van der Waals surface area contributed by atoms with Crippen molar-refractivity contribution in [3.8, 4) is 0 Å². The number of aromatic nitrogens is 1. The minimum absolute atomic E-state index is 0.0947. The summed E-state index contributed by atoms with van der Waals surface area (Å²) in [6, 6.07) is 6.67. The minimum atomic E-state index is -0.103. The first-order valence-electron chi connectivity index (χ1n) is 9.81. The molecule has 2 N–H and O–H groups in total. The number of carbonyl (C=O) groups excluding carboxylic acids is 1. The summed E-state index contributed by atoms with van der Waals surface area (Å²) >= 11 is 0. The SMILES string of the molecule is CCCN(C(=O)[C@@H]1C=C2c3cccc4[nH]cc(c34)C[C@@]2(C)NC1)C(C)C. The number of aromatic amines is 1. The van der Waals surface area contributed by atoms with Crippen molar-refractivity contribution in [2.24, 2.45) is 5.92 Å². The normalized spacial score (nSPS) is 24.5. The maximum Gasteiger partial charge on any atom is 0.231 e. The van der Waals surface area contributed by atoms with Crippen molar-refractivity contribution in [3.05, 3.63) is 41.6 Å². The number of carbonyl (C=O) groups is 1. The Labute approximate surface area is 155 Å². The van der Waals surface area contributed by atoms with Crippen molar-refractivity contribution < 1.29 is 4.79 Å². The van der Waals surface area contributed by atoms with E-state index in [9.17, 15) is 4.79 Å². The van der Waals surface area contributed by atoms with Gasteiger partial charge in [0.2, 0.25) is 5.91 Å². The Morgan fingerprint density at radius 2 is 2.19 bits per heavy atom. The molecule has 4 nitrogen and oxygen atoms in total. The summed E-state index contributed by atoms with van der Waals surface area (Å²) in [5.74, 6) is 0.152. The highest BCUT2D eigenvalue weighted by Gasteiger charge is 2.41. The lowest BCUT2D eigenvalue weighted by molar-refractivity contribution is -0.135. The Bertz CT molecular complexity index is 879. The molecule has 1 aromatic carbocycles. The van der Waals surface area contributed by atoms with Gasteiger partial charge in [-0.25, -0.2) is 0 Å².